The number of hydrogen-bond donors (Lipinski definition) is 1. The number of methoxy groups -OCH3 is 1. The normalized spacial score (nSPS) is 12.2. The van der Waals surface area contributed by atoms with Gasteiger partial charge in [-0.25, -0.2) is 14.5 Å². The molecule has 0 fully saturated rings. The first-order valence-corrected chi connectivity index (χ1v) is 11.0. The molecule has 5 aromatic rings. The number of hydrogen-bond acceptors (Lipinski definition) is 6. The molecule has 5 rings (SSSR count). The summed E-state index contributed by atoms with van der Waals surface area (Å²) in [6.45, 7) is 3.92. The second kappa shape index (κ2) is 8.02. The maximum absolute atomic E-state index is 9.71. The van der Waals surface area contributed by atoms with Crippen LogP contribution in [0.4, 0.5) is 0 Å². The highest BCUT2D eigenvalue weighted by Crippen LogP contribution is 2.36. The van der Waals surface area contributed by atoms with Crippen LogP contribution in [0.3, 0.4) is 0 Å². The van der Waals surface area contributed by atoms with Crippen LogP contribution in [0.5, 0.6) is 5.75 Å². The zero-order chi connectivity index (χ0) is 22.2. The van der Waals surface area contributed by atoms with E-state index in [-0.39, 0.29) is 5.25 Å². The summed E-state index contributed by atoms with van der Waals surface area (Å²) in [6.07, 6.45) is 1.83. The molecule has 0 spiro atoms. The van der Waals surface area contributed by atoms with Crippen molar-refractivity contribution >= 4 is 28.2 Å². The molecule has 0 aliphatic carbocycles. The Hall–Kier alpha value is -3.83. The van der Waals surface area contributed by atoms with Crippen molar-refractivity contribution in [3.63, 3.8) is 0 Å². The van der Waals surface area contributed by atoms with Gasteiger partial charge in [-0.05, 0) is 32.0 Å². The quantitative estimate of drug-likeness (QED) is 0.294. The van der Waals surface area contributed by atoms with Crippen LogP contribution >= 0.6 is 11.8 Å². The Balaban J connectivity index is 1.53. The first-order valence-electron chi connectivity index (χ1n) is 10.1. The number of imidazole rings is 1. The maximum atomic E-state index is 9.71. The molecule has 0 aliphatic rings. The Kier molecular flexibility index (Phi) is 5.04. The lowest BCUT2D eigenvalue weighted by Crippen LogP contribution is -2.01. The molecule has 7 nitrogen and oxygen atoms in total. The fourth-order valence-electron chi connectivity index (χ4n) is 3.74. The minimum absolute atomic E-state index is 0.0127. The fourth-order valence-corrected chi connectivity index (χ4v) is 4.67. The summed E-state index contributed by atoms with van der Waals surface area (Å²) in [6, 6.07) is 18.0. The third-order valence-corrected chi connectivity index (χ3v) is 6.42. The van der Waals surface area contributed by atoms with Gasteiger partial charge in [0.1, 0.15) is 23.2 Å². The number of benzene rings is 2. The van der Waals surface area contributed by atoms with Crippen molar-refractivity contribution in [1.82, 2.24) is 24.6 Å². The lowest BCUT2D eigenvalue weighted by atomic mass is 10.1. The lowest BCUT2D eigenvalue weighted by molar-refractivity contribution is 0.415. The molecule has 8 heteroatoms. The Morgan fingerprint density at radius 1 is 1.19 bits per heavy atom. The third-order valence-electron chi connectivity index (χ3n) is 5.37. The van der Waals surface area contributed by atoms with E-state index in [0.717, 1.165) is 44.4 Å². The van der Waals surface area contributed by atoms with Gasteiger partial charge in [-0.2, -0.15) is 10.4 Å². The van der Waals surface area contributed by atoms with E-state index >= 15 is 0 Å². The summed E-state index contributed by atoms with van der Waals surface area (Å²) in [5.74, 6) is 1.63. The summed E-state index contributed by atoms with van der Waals surface area (Å²) >= 11 is 1.55. The number of rotatable bonds is 5. The van der Waals surface area contributed by atoms with Crippen LogP contribution in [-0.2, 0) is 0 Å². The second-order valence-electron chi connectivity index (χ2n) is 7.42. The van der Waals surface area contributed by atoms with Crippen molar-refractivity contribution in [2.75, 3.05) is 7.11 Å². The number of H-pyrrole nitrogens is 1. The summed E-state index contributed by atoms with van der Waals surface area (Å²) in [5, 5.41) is 16.0. The molecule has 1 unspecified atom stereocenters. The van der Waals surface area contributed by atoms with E-state index in [1.807, 2.05) is 61.7 Å². The van der Waals surface area contributed by atoms with Gasteiger partial charge >= 0.3 is 0 Å². The molecule has 3 heterocycles. The van der Waals surface area contributed by atoms with Gasteiger partial charge in [0.25, 0.3) is 0 Å². The molecule has 0 radical (unpaired) electrons. The predicted octanol–water partition coefficient (Wildman–Crippen LogP) is 5.31. The van der Waals surface area contributed by atoms with E-state index in [1.165, 1.54) is 0 Å². The van der Waals surface area contributed by atoms with Crippen LogP contribution in [-0.4, -0.2) is 31.7 Å². The summed E-state index contributed by atoms with van der Waals surface area (Å²) in [5.41, 5.74) is 4.83. The molecule has 1 atom stereocenters. The topological polar surface area (TPSA) is 91.9 Å². The molecule has 0 bridgehead atoms. The van der Waals surface area contributed by atoms with Crippen LogP contribution in [0.1, 0.15) is 29.3 Å². The zero-order valence-corrected chi connectivity index (χ0v) is 18.6. The molecule has 32 heavy (non-hydrogen) atoms. The number of aryl methyl sites for hydroxylation is 1. The number of nitriles is 1. The Morgan fingerprint density at radius 2 is 2.03 bits per heavy atom. The van der Waals surface area contributed by atoms with Gasteiger partial charge in [0.2, 0.25) is 0 Å². The van der Waals surface area contributed by atoms with Crippen molar-refractivity contribution in [3.05, 3.63) is 71.8 Å². The van der Waals surface area contributed by atoms with Crippen LogP contribution in [0.25, 0.3) is 27.7 Å². The van der Waals surface area contributed by atoms with Gasteiger partial charge in [0.05, 0.1) is 41.0 Å². The molecule has 2 aromatic carbocycles. The highest BCUT2D eigenvalue weighted by molar-refractivity contribution is 7.99. The van der Waals surface area contributed by atoms with E-state index in [2.05, 4.69) is 28.1 Å². The van der Waals surface area contributed by atoms with Gasteiger partial charge in [-0.1, -0.05) is 42.1 Å². The van der Waals surface area contributed by atoms with Crippen molar-refractivity contribution in [1.29, 1.82) is 5.26 Å². The Labute approximate surface area is 189 Å². The minimum atomic E-state index is -0.0127. The summed E-state index contributed by atoms with van der Waals surface area (Å²) in [7, 11) is 1.65. The van der Waals surface area contributed by atoms with E-state index in [1.54, 1.807) is 23.4 Å². The van der Waals surface area contributed by atoms with E-state index < -0.39 is 0 Å². The molecule has 0 amide bonds. The number of thioether (sulfide) groups is 1. The van der Waals surface area contributed by atoms with Crippen LogP contribution in [0.15, 0.2) is 59.9 Å². The molecule has 158 valence electrons. The number of ether oxygens (including phenoxy) is 1. The Morgan fingerprint density at radius 3 is 2.84 bits per heavy atom. The number of nitrogens with zero attached hydrogens (tertiary/aromatic N) is 5. The highest BCUT2D eigenvalue weighted by atomic mass is 32.2. The second-order valence-corrected chi connectivity index (χ2v) is 8.73. The van der Waals surface area contributed by atoms with Crippen LogP contribution in [0.2, 0.25) is 0 Å². The smallest absolute Gasteiger partial charge is 0.190 e. The van der Waals surface area contributed by atoms with Gasteiger partial charge in [-0.3, -0.25) is 0 Å². The lowest BCUT2D eigenvalue weighted by Gasteiger charge is -2.11. The SMILES string of the molecule is COc1cccc(-c2cnc(C(C)Sc3nc4ccccc4c4c(C#N)c(C)nn34)[nH]2)c1. The first-order chi connectivity index (χ1) is 15.6. The average Bonchev–Trinajstić information content (AvgIpc) is 3.44. The highest BCUT2D eigenvalue weighted by Gasteiger charge is 2.20. The number of para-hydroxylation sites is 1. The first kappa shape index (κ1) is 20.1. The summed E-state index contributed by atoms with van der Waals surface area (Å²) < 4.78 is 7.11. The number of aromatic nitrogens is 5. The van der Waals surface area contributed by atoms with Crippen LogP contribution in [0, 0.1) is 18.3 Å². The van der Waals surface area contributed by atoms with E-state index in [0.29, 0.717) is 11.3 Å². The van der Waals surface area contributed by atoms with E-state index in [9.17, 15) is 5.26 Å². The molecule has 1 N–H and O–H groups in total. The molecular weight excluding hydrogens is 420 g/mol. The van der Waals surface area contributed by atoms with Crippen LogP contribution < -0.4 is 4.74 Å². The van der Waals surface area contributed by atoms with Gasteiger partial charge in [0.15, 0.2) is 5.16 Å². The van der Waals surface area contributed by atoms with Crippen molar-refractivity contribution in [2.24, 2.45) is 0 Å². The number of nitrogens with one attached hydrogen (secondary N) is 1. The van der Waals surface area contributed by atoms with Gasteiger partial charge < -0.3 is 9.72 Å². The van der Waals surface area contributed by atoms with Crippen molar-refractivity contribution in [3.8, 4) is 23.1 Å². The fraction of sp³-hybridized carbons (Fsp3) is 0.167. The molecule has 0 saturated carbocycles. The zero-order valence-electron chi connectivity index (χ0n) is 17.8. The standard InChI is InChI=1S/C24H20N6OS/c1-14-19(12-25)22-18-9-4-5-10-20(18)28-24(30(22)29-14)32-15(2)23-26-13-21(27-23)16-7-6-8-17(11-16)31-3/h4-11,13,15H,1-3H3,(H,26,27). The van der Waals surface area contributed by atoms with Gasteiger partial charge in [0, 0.05) is 10.9 Å². The Bertz CT molecular complexity index is 1500. The number of aromatic amines is 1. The maximum Gasteiger partial charge on any atom is 0.190 e. The largest absolute Gasteiger partial charge is 0.497 e. The van der Waals surface area contributed by atoms with Crippen molar-refractivity contribution in [2.45, 2.75) is 24.3 Å². The molecular formula is C24H20N6OS. The third kappa shape index (κ3) is 3.37. The van der Waals surface area contributed by atoms with Gasteiger partial charge in [-0.15, -0.1) is 0 Å². The number of fused-ring (bicyclic) bond motifs is 3. The molecule has 3 aromatic heterocycles. The van der Waals surface area contributed by atoms with E-state index in [4.69, 9.17) is 9.72 Å². The minimum Gasteiger partial charge on any atom is -0.497 e. The monoisotopic (exact) mass is 440 g/mol. The average molecular weight is 441 g/mol. The van der Waals surface area contributed by atoms with Crippen molar-refractivity contribution < 1.29 is 4.74 Å². The molecule has 0 saturated heterocycles. The predicted molar refractivity (Wildman–Crippen MR) is 125 cm³/mol. The molecule has 0 aliphatic heterocycles. The summed E-state index contributed by atoms with van der Waals surface area (Å²) in [4.78, 5) is 12.9.